The third-order valence-electron chi connectivity index (χ3n) is 7.29. The first-order valence-electron chi connectivity index (χ1n) is 11.9. The molecule has 27 heavy (non-hydrogen) atoms. The maximum atomic E-state index is 11.9. The Kier molecular flexibility index (Phi) is 12.3. The van der Waals surface area contributed by atoms with Crippen LogP contribution in [0.2, 0.25) is 0 Å². The van der Waals surface area contributed by atoms with E-state index >= 15 is 0 Å². The van der Waals surface area contributed by atoms with Gasteiger partial charge in [0.25, 0.3) is 0 Å². The average Bonchev–Trinajstić information content (AvgIpc) is 2.61. The smallest absolute Gasteiger partial charge is 0.130 e. The molecule has 1 rings (SSSR count). The van der Waals surface area contributed by atoms with Crippen LogP contribution in [0.15, 0.2) is 0 Å². The minimum atomic E-state index is 0.306. The summed E-state index contributed by atoms with van der Waals surface area (Å²) in [6.45, 7) is 11.4. The van der Waals surface area contributed by atoms with Crippen LogP contribution in [0.3, 0.4) is 0 Å². The van der Waals surface area contributed by atoms with E-state index in [1.54, 1.807) is 6.92 Å². The molecule has 0 aromatic carbocycles. The molecule has 0 saturated heterocycles. The summed E-state index contributed by atoms with van der Waals surface area (Å²) in [4.78, 5) is 11.9. The molecule has 1 fully saturated rings. The lowest BCUT2D eigenvalue weighted by Gasteiger charge is -2.52. The highest BCUT2D eigenvalue weighted by atomic mass is 32.2. The second-order valence-corrected chi connectivity index (χ2v) is 11.3. The first-order valence-corrected chi connectivity index (χ1v) is 13.0. The minimum absolute atomic E-state index is 0.306. The van der Waals surface area contributed by atoms with E-state index in [0.717, 1.165) is 6.42 Å². The van der Waals surface area contributed by atoms with Crippen LogP contribution in [0, 0.1) is 10.8 Å². The summed E-state index contributed by atoms with van der Waals surface area (Å²) in [7, 11) is 0. The van der Waals surface area contributed by atoms with Gasteiger partial charge in [0.15, 0.2) is 0 Å². The van der Waals surface area contributed by atoms with Crippen molar-refractivity contribution in [3.8, 4) is 0 Å². The molecule has 0 amide bonds. The number of thioether (sulfide) groups is 1. The number of unbranched alkanes of at least 4 members (excludes halogenated alkanes) is 9. The summed E-state index contributed by atoms with van der Waals surface area (Å²) in [6, 6.07) is 0. The highest BCUT2D eigenvalue weighted by Crippen LogP contribution is 2.56. The van der Waals surface area contributed by atoms with Crippen molar-refractivity contribution < 1.29 is 4.79 Å². The summed E-state index contributed by atoms with van der Waals surface area (Å²) >= 11 is 2.11. The number of Topliss-reactive ketones (excluding diaryl/α,β-unsaturated/α-hetero) is 1. The number of carbonyl (C=O) groups is 1. The van der Waals surface area contributed by atoms with Gasteiger partial charge in [-0.3, -0.25) is 4.79 Å². The maximum absolute atomic E-state index is 11.9. The normalized spacial score (nSPS) is 23.3. The molecule has 2 atom stereocenters. The van der Waals surface area contributed by atoms with Crippen LogP contribution < -0.4 is 0 Å². The van der Waals surface area contributed by atoms with Crippen molar-refractivity contribution in [2.75, 3.05) is 5.75 Å². The van der Waals surface area contributed by atoms with Crippen LogP contribution in [0.25, 0.3) is 0 Å². The molecule has 1 aliphatic carbocycles. The fourth-order valence-electron chi connectivity index (χ4n) is 4.82. The topological polar surface area (TPSA) is 17.1 Å². The van der Waals surface area contributed by atoms with E-state index in [2.05, 4.69) is 39.5 Å². The fraction of sp³-hybridized carbons (Fsp3) is 0.960. The number of ketones is 1. The summed E-state index contributed by atoms with van der Waals surface area (Å²) in [6.07, 6.45) is 20.1. The Balaban J connectivity index is 2.28. The summed E-state index contributed by atoms with van der Waals surface area (Å²) in [5.74, 6) is 1.61. The lowest BCUT2D eigenvalue weighted by molar-refractivity contribution is -0.118. The fourth-order valence-corrected chi connectivity index (χ4v) is 6.64. The number of carbonyl (C=O) groups excluding carboxylic acids is 1. The molecular formula is C25H48OS. The van der Waals surface area contributed by atoms with E-state index in [4.69, 9.17) is 0 Å². The predicted octanol–water partition coefficient (Wildman–Crippen LogP) is 8.59. The molecule has 0 N–H and O–H groups in total. The van der Waals surface area contributed by atoms with Crippen molar-refractivity contribution in [3.63, 3.8) is 0 Å². The van der Waals surface area contributed by atoms with Gasteiger partial charge < -0.3 is 0 Å². The highest BCUT2D eigenvalue weighted by Gasteiger charge is 2.48. The number of rotatable bonds is 15. The van der Waals surface area contributed by atoms with Gasteiger partial charge in [0.1, 0.15) is 5.78 Å². The van der Waals surface area contributed by atoms with Gasteiger partial charge in [-0.25, -0.2) is 0 Å². The Hall–Kier alpha value is 0.0200. The monoisotopic (exact) mass is 396 g/mol. The van der Waals surface area contributed by atoms with Gasteiger partial charge in [0.2, 0.25) is 0 Å². The molecule has 1 nitrogen and oxygen atoms in total. The third kappa shape index (κ3) is 8.92. The third-order valence-corrected chi connectivity index (χ3v) is 8.91. The Morgan fingerprint density at radius 1 is 0.852 bits per heavy atom. The van der Waals surface area contributed by atoms with Gasteiger partial charge >= 0.3 is 0 Å². The maximum Gasteiger partial charge on any atom is 0.130 e. The van der Waals surface area contributed by atoms with Gasteiger partial charge in [-0.2, -0.15) is 11.8 Å². The van der Waals surface area contributed by atoms with Crippen molar-refractivity contribution >= 4 is 17.5 Å². The molecule has 0 radical (unpaired) electrons. The second-order valence-electron chi connectivity index (χ2n) is 9.96. The van der Waals surface area contributed by atoms with Crippen molar-refractivity contribution in [1.82, 2.24) is 0 Å². The molecule has 160 valence electrons. The predicted molar refractivity (Wildman–Crippen MR) is 124 cm³/mol. The van der Waals surface area contributed by atoms with E-state index in [1.165, 1.54) is 95.6 Å². The molecule has 0 aromatic rings. The van der Waals surface area contributed by atoms with Crippen LogP contribution in [0.1, 0.15) is 131 Å². The second kappa shape index (κ2) is 13.3. The van der Waals surface area contributed by atoms with Gasteiger partial charge in [0, 0.05) is 11.7 Å². The average molecular weight is 397 g/mol. The van der Waals surface area contributed by atoms with Crippen molar-refractivity contribution in [2.24, 2.45) is 10.8 Å². The Labute approximate surface area is 175 Å². The lowest BCUT2D eigenvalue weighted by atomic mass is 9.56. The number of hydrogen-bond acceptors (Lipinski definition) is 2. The molecule has 1 saturated carbocycles. The molecular weight excluding hydrogens is 348 g/mol. The van der Waals surface area contributed by atoms with Crippen molar-refractivity contribution in [3.05, 3.63) is 0 Å². The molecule has 0 heterocycles. The lowest BCUT2D eigenvalue weighted by Crippen LogP contribution is -2.46. The summed E-state index contributed by atoms with van der Waals surface area (Å²) in [5, 5.41) is 0.504. The molecule has 0 spiro atoms. The van der Waals surface area contributed by atoms with E-state index in [1.807, 2.05) is 0 Å². The van der Waals surface area contributed by atoms with E-state index < -0.39 is 0 Å². The largest absolute Gasteiger partial charge is 0.300 e. The first kappa shape index (κ1) is 25.1. The van der Waals surface area contributed by atoms with E-state index in [0.29, 0.717) is 21.9 Å². The SMILES string of the molecule is CCCCCCCCCCCCSC(CC(C)=O)C1(C)CCCCC1(C)C. The van der Waals surface area contributed by atoms with Crippen LogP contribution in [0.4, 0.5) is 0 Å². The van der Waals surface area contributed by atoms with E-state index in [9.17, 15) is 4.79 Å². The highest BCUT2D eigenvalue weighted by molar-refractivity contribution is 7.99. The van der Waals surface area contributed by atoms with E-state index in [-0.39, 0.29) is 0 Å². The van der Waals surface area contributed by atoms with Gasteiger partial charge in [0.05, 0.1) is 0 Å². The summed E-state index contributed by atoms with van der Waals surface area (Å²) in [5.41, 5.74) is 0.663. The molecule has 0 aliphatic heterocycles. The summed E-state index contributed by atoms with van der Waals surface area (Å²) < 4.78 is 0. The zero-order valence-electron chi connectivity index (χ0n) is 19.2. The zero-order valence-corrected chi connectivity index (χ0v) is 20.0. The molecule has 0 aromatic heterocycles. The van der Waals surface area contributed by atoms with Crippen molar-refractivity contribution in [1.29, 1.82) is 0 Å². The van der Waals surface area contributed by atoms with Crippen LogP contribution >= 0.6 is 11.8 Å². The Bertz CT molecular complexity index is 403. The minimum Gasteiger partial charge on any atom is -0.300 e. The van der Waals surface area contributed by atoms with Gasteiger partial charge in [-0.1, -0.05) is 98.3 Å². The molecule has 2 heteroatoms. The zero-order chi connectivity index (χ0) is 20.2. The van der Waals surface area contributed by atoms with Gasteiger partial charge in [-0.15, -0.1) is 0 Å². The van der Waals surface area contributed by atoms with Gasteiger partial charge in [-0.05, 0) is 42.8 Å². The van der Waals surface area contributed by atoms with Crippen LogP contribution in [0.5, 0.6) is 0 Å². The van der Waals surface area contributed by atoms with Crippen LogP contribution in [-0.4, -0.2) is 16.8 Å². The van der Waals surface area contributed by atoms with Crippen molar-refractivity contribution in [2.45, 2.75) is 136 Å². The molecule has 1 aliphatic rings. The quantitative estimate of drug-likeness (QED) is 0.258. The Morgan fingerprint density at radius 2 is 1.37 bits per heavy atom. The molecule has 0 bridgehead atoms. The Morgan fingerprint density at radius 3 is 1.89 bits per heavy atom. The standard InChI is InChI=1S/C25H48OS/c1-6-7-8-9-10-11-12-13-14-17-20-27-23(21-22(2)26)25(5)19-16-15-18-24(25,3)4/h23H,6-21H2,1-5H3. The first-order chi connectivity index (χ1) is 12.8. The molecule has 2 unspecified atom stereocenters. The number of hydrogen-bond donors (Lipinski definition) is 0. The van der Waals surface area contributed by atoms with Crippen LogP contribution in [-0.2, 0) is 4.79 Å².